The molecule has 1 unspecified atom stereocenters. The Kier molecular flexibility index (Phi) is 4.65. The van der Waals surface area contributed by atoms with Crippen molar-refractivity contribution in [1.82, 2.24) is 20.4 Å². The number of nitrogens with zero attached hydrogens (tertiary/aromatic N) is 2. The minimum Gasteiger partial charge on any atom is -0.395 e. The van der Waals surface area contributed by atoms with E-state index >= 15 is 0 Å². The second kappa shape index (κ2) is 6.52. The topological polar surface area (TPSA) is 84.9 Å². The van der Waals surface area contributed by atoms with Crippen molar-refractivity contribution in [3.8, 4) is 0 Å². The fourth-order valence-electron chi connectivity index (χ4n) is 3.82. The number of aliphatic hydroxyl groups is 1. The molecule has 3 fully saturated rings. The average molecular weight is 310 g/mol. The number of rotatable bonds is 4. The first-order valence-corrected chi connectivity index (χ1v) is 8.33. The highest BCUT2D eigenvalue weighted by molar-refractivity contribution is 6.07. The van der Waals surface area contributed by atoms with Crippen molar-refractivity contribution in [1.29, 1.82) is 0 Å². The van der Waals surface area contributed by atoms with E-state index < -0.39 is 5.54 Å². The molecular weight excluding hydrogens is 284 g/mol. The van der Waals surface area contributed by atoms with E-state index in [9.17, 15) is 9.59 Å². The number of hydrogen-bond acceptors (Lipinski definition) is 5. The zero-order chi connectivity index (χ0) is 15.6. The van der Waals surface area contributed by atoms with E-state index in [-0.39, 0.29) is 18.5 Å². The van der Waals surface area contributed by atoms with Crippen LogP contribution in [0.3, 0.4) is 0 Å². The second-order valence-electron chi connectivity index (χ2n) is 6.71. The van der Waals surface area contributed by atoms with Gasteiger partial charge in [-0.2, -0.15) is 0 Å². The number of imide groups is 1. The summed E-state index contributed by atoms with van der Waals surface area (Å²) in [7, 11) is 0. The number of amides is 3. The molecule has 124 valence electrons. The Hall–Kier alpha value is -1.18. The van der Waals surface area contributed by atoms with Crippen molar-refractivity contribution in [2.45, 2.75) is 31.2 Å². The molecule has 3 N–H and O–H groups in total. The molecule has 3 aliphatic heterocycles. The maximum absolute atomic E-state index is 12.8. The first kappa shape index (κ1) is 15.7. The molecule has 3 amide bonds. The molecule has 3 aliphatic rings. The monoisotopic (exact) mass is 310 g/mol. The molecule has 22 heavy (non-hydrogen) atoms. The van der Waals surface area contributed by atoms with E-state index in [4.69, 9.17) is 5.11 Å². The van der Waals surface area contributed by atoms with Gasteiger partial charge in [0.15, 0.2) is 0 Å². The van der Waals surface area contributed by atoms with Crippen LogP contribution >= 0.6 is 0 Å². The fraction of sp³-hybridized carbons (Fsp3) is 0.867. The zero-order valence-electron chi connectivity index (χ0n) is 13.0. The molecule has 0 aromatic heterocycles. The van der Waals surface area contributed by atoms with Crippen molar-refractivity contribution in [3.63, 3.8) is 0 Å². The molecule has 0 saturated carbocycles. The van der Waals surface area contributed by atoms with Crippen molar-refractivity contribution in [2.75, 3.05) is 45.9 Å². The molecule has 7 nitrogen and oxygen atoms in total. The van der Waals surface area contributed by atoms with E-state index in [1.54, 1.807) is 0 Å². The van der Waals surface area contributed by atoms with Crippen molar-refractivity contribution in [2.24, 2.45) is 5.92 Å². The Morgan fingerprint density at radius 3 is 2.68 bits per heavy atom. The van der Waals surface area contributed by atoms with Gasteiger partial charge in [-0.15, -0.1) is 0 Å². The summed E-state index contributed by atoms with van der Waals surface area (Å²) in [5.41, 5.74) is -0.703. The third kappa shape index (κ3) is 2.98. The van der Waals surface area contributed by atoms with E-state index in [1.165, 1.54) is 4.90 Å². The predicted octanol–water partition coefficient (Wildman–Crippen LogP) is -0.635. The van der Waals surface area contributed by atoms with Gasteiger partial charge in [0.2, 0.25) is 0 Å². The molecule has 1 atom stereocenters. The highest BCUT2D eigenvalue weighted by atomic mass is 16.3. The van der Waals surface area contributed by atoms with Gasteiger partial charge in [-0.05, 0) is 44.7 Å². The van der Waals surface area contributed by atoms with Gasteiger partial charge >= 0.3 is 6.03 Å². The molecular formula is C15H26N4O3. The number of likely N-dealkylation sites (tertiary alicyclic amines) is 1. The number of aliphatic hydroxyl groups excluding tert-OH is 1. The molecule has 0 bridgehead atoms. The van der Waals surface area contributed by atoms with E-state index in [2.05, 4.69) is 15.5 Å². The molecule has 0 radical (unpaired) electrons. The largest absolute Gasteiger partial charge is 0.395 e. The Bertz CT molecular complexity index is 429. The summed E-state index contributed by atoms with van der Waals surface area (Å²) >= 11 is 0. The summed E-state index contributed by atoms with van der Waals surface area (Å²) in [5, 5.41) is 15.3. The van der Waals surface area contributed by atoms with Gasteiger partial charge in [0.1, 0.15) is 5.54 Å². The molecule has 3 heterocycles. The highest BCUT2D eigenvalue weighted by Gasteiger charge is 2.52. The van der Waals surface area contributed by atoms with Gasteiger partial charge in [-0.1, -0.05) is 0 Å². The third-order valence-corrected chi connectivity index (χ3v) is 5.21. The summed E-state index contributed by atoms with van der Waals surface area (Å²) in [6, 6.07) is -0.230. The number of nitrogens with one attached hydrogen (secondary N) is 2. The Morgan fingerprint density at radius 1 is 1.27 bits per heavy atom. The lowest BCUT2D eigenvalue weighted by molar-refractivity contribution is -0.133. The Morgan fingerprint density at radius 2 is 2.05 bits per heavy atom. The maximum atomic E-state index is 12.8. The Labute approximate surface area is 131 Å². The average Bonchev–Trinajstić information content (AvgIpc) is 2.76. The predicted molar refractivity (Wildman–Crippen MR) is 81.3 cm³/mol. The molecule has 0 aromatic carbocycles. The molecule has 0 aliphatic carbocycles. The van der Waals surface area contributed by atoms with Gasteiger partial charge in [-0.25, -0.2) is 4.79 Å². The SMILES string of the molecule is O=C1NC2(CCN(CCO)CC2)C(=O)N1CC1CCCNC1. The molecule has 7 heteroatoms. The van der Waals surface area contributed by atoms with E-state index in [0.29, 0.717) is 31.8 Å². The number of carbonyl (C=O) groups excluding carboxylic acids is 2. The zero-order valence-corrected chi connectivity index (χ0v) is 13.0. The van der Waals surface area contributed by atoms with Crippen molar-refractivity contribution >= 4 is 11.9 Å². The van der Waals surface area contributed by atoms with Crippen LogP contribution in [0.25, 0.3) is 0 Å². The second-order valence-corrected chi connectivity index (χ2v) is 6.71. The van der Waals surface area contributed by atoms with Crippen LogP contribution in [-0.2, 0) is 4.79 Å². The number of β-amino-alcohol motifs (C(OH)–C–C–N with tert-alkyl or cyclic N) is 1. The van der Waals surface area contributed by atoms with Crippen LogP contribution in [0, 0.1) is 5.92 Å². The maximum Gasteiger partial charge on any atom is 0.325 e. The van der Waals surface area contributed by atoms with E-state index in [0.717, 1.165) is 39.0 Å². The van der Waals surface area contributed by atoms with Crippen LogP contribution in [0.4, 0.5) is 4.79 Å². The van der Waals surface area contributed by atoms with Crippen LogP contribution in [0.5, 0.6) is 0 Å². The first-order chi connectivity index (χ1) is 10.6. The van der Waals surface area contributed by atoms with Gasteiger partial charge in [0.05, 0.1) is 6.61 Å². The molecule has 0 aromatic rings. The van der Waals surface area contributed by atoms with Crippen LogP contribution in [0.2, 0.25) is 0 Å². The quantitative estimate of drug-likeness (QED) is 0.602. The summed E-state index contributed by atoms with van der Waals surface area (Å²) < 4.78 is 0. The van der Waals surface area contributed by atoms with Gasteiger partial charge < -0.3 is 20.6 Å². The summed E-state index contributed by atoms with van der Waals surface area (Å²) in [4.78, 5) is 28.6. The minimum absolute atomic E-state index is 0.0493. The lowest BCUT2D eigenvalue weighted by Crippen LogP contribution is -2.55. The number of urea groups is 1. The smallest absolute Gasteiger partial charge is 0.325 e. The molecule has 3 rings (SSSR count). The lowest BCUT2D eigenvalue weighted by Gasteiger charge is -2.37. The van der Waals surface area contributed by atoms with E-state index in [1.807, 2.05) is 0 Å². The normalized spacial score (nSPS) is 29.1. The summed E-state index contributed by atoms with van der Waals surface area (Å²) in [5.74, 6) is 0.319. The van der Waals surface area contributed by atoms with Crippen LogP contribution < -0.4 is 10.6 Å². The van der Waals surface area contributed by atoms with Gasteiger partial charge in [-0.3, -0.25) is 9.69 Å². The lowest BCUT2D eigenvalue weighted by atomic mass is 9.87. The highest BCUT2D eigenvalue weighted by Crippen LogP contribution is 2.30. The van der Waals surface area contributed by atoms with Crippen LogP contribution in [0.1, 0.15) is 25.7 Å². The van der Waals surface area contributed by atoms with Gasteiger partial charge in [0.25, 0.3) is 5.91 Å². The summed E-state index contributed by atoms with van der Waals surface area (Å²) in [6.07, 6.45) is 3.45. The van der Waals surface area contributed by atoms with Crippen LogP contribution in [-0.4, -0.2) is 78.3 Å². The number of piperidine rings is 2. The fourth-order valence-corrected chi connectivity index (χ4v) is 3.82. The first-order valence-electron chi connectivity index (χ1n) is 8.33. The molecule has 3 saturated heterocycles. The minimum atomic E-state index is -0.703. The standard InChI is InChI=1S/C15H26N4O3/c20-9-8-18-6-3-15(4-7-18)13(21)19(14(22)17-15)11-12-2-1-5-16-10-12/h12,16,20H,1-11H2,(H,17,22). The number of hydrogen-bond donors (Lipinski definition) is 3. The molecule has 1 spiro atoms. The third-order valence-electron chi connectivity index (χ3n) is 5.21. The summed E-state index contributed by atoms with van der Waals surface area (Å²) in [6.45, 7) is 4.69. The Balaban J connectivity index is 1.61. The van der Waals surface area contributed by atoms with Crippen LogP contribution in [0.15, 0.2) is 0 Å². The number of carbonyl (C=O) groups is 2. The van der Waals surface area contributed by atoms with Crippen molar-refractivity contribution in [3.05, 3.63) is 0 Å². The van der Waals surface area contributed by atoms with Gasteiger partial charge in [0, 0.05) is 26.2 Å². The van der Waals surface area contributed by atoms with Crippen molar-refractivity contribution < 1.29 is 14.7 Å².